The average Bonchev–Trinajstić information content (AvgIpc) is 2.46. The molecule has 0 aliphatic carbocycles. The monoisotopic (exact) mass is 256 g/mol. The summed E-state index contributed by atoms with van der Waals surface area (Å²) < 4.78 is 5.20. The quantitative estimate of drug-likeness (QED) is 0.854. The minimum atomic E-state index is -0.485. The Morgan fingerprint density at radius 1 is 0.947 bits per heavy atom. The minimum absolute atomic E-state index is 0.107. The SMILES string of the molecule is NCc1ccc(-c2ccc(OCC(N)=O)cc2)cc1. The lowest BCUT2D eigenvalue weighted by Gasteiger charge is -2.06. The molecular formula is C15H16N2O2. The number of amides is 1. The third kappa shape index (κ3) is 3.56. The molecule has 4 N–H and O–H groups in total. The lowest BCUT2D eigenvalue weighted by molar-refractivity contribution is -0.119. The van der Waals surface area contributed by atoms with Crippen molar-refractivity contribution in [1.82, 2.24) is 0 Å². The first kappa shape index (κ1) is 13.1. The van der Waals surface area contributed by atoms with Crippen molar-refractivity contribution in [2.45, 2.75) is 6.54 Å². The van der Waals surface area contributed by atoms with E-state index in [-0.39, 0.29) is 6.61 Å². The van der Waals surface area contributed by atoms with Crippen LogP contribution < -0.4 is 16.2 Å². The summed E-state index contributed by atoms with van der Waals surface area (Å²) in [5.41, 5.74) is 13.9. The lowest BCUT2D eigenvalue weighted by atomic mass is 10.0. The molecule has 0 atom stereocenters. The van der Waals surface area contributed by atoms with Gasteiger partial charge in [0.15, 0.2) is 6.61 Å². The standard InChI is InChI=1S/C15H16N2O2/c16-9-11-1-3-12(4-2-11)13-5-7-14(8-6-13)19-10-15(17)18/h1-8H,9-10,16H2,(H2,17,18). The molecule has 4 heteroatoms. The van der Waals surface area contributed by atoms with E-state index >= 15 is 0 Å². The highest BCUT2D eigenvalue weighted by Gasteiger charge is 2.00. The maximum atomic E-state index is 10.6. The van der Waals surface area contributed by atoms with Crippen molar-refractivity contribution >= 4 is 5.91 Å². The van der Waals surface area contributed by atoms with Gasteiger partial charge in [-0.3, -0.25) is 4.79 Å². The van der Waals surface area contributed by atoms with Crippen molar-refractivity contribution in [1.29, 1.82) is 0 Å². The van der Waals surface area contributed by atoms with Crippen molar-refractivity contribution < 1.29 is 9.53 Å². The summed E-state index contributed by atoms with van der Waals surface area (Å²) in [5, 5.41) is 0. The number of hydrogen-bond donors (Lipinski definition) is 2. The van der Waals surface area contributed by atoms with Gasteiger partial charge in [-0.2, -0.15) is 0 Å². The van der Waals surface area contributed by atoms with Crippen molar-refractivity contribution in [2.75, 3.05) is 6.61 Å². The Kier molecular flexibility index (Phi) is 4.15. The first-order chi connectivity index (χ1) is 9.19. The smallest absolute Gasteiger partial charge is 0.255 e. The van der Waals surface area contributed by atoms with Crippen LogP contribution in [0.5, 0.6) is 5.75 Å². The molecule has 2 rings (SSSR count). The molecule has 0 radical (unpaired) electrons. The number of ether oxygens (including phenoxy) is 1. The van der Waals surface area contributed by atoms with E-state index in [9.17, 15) is 4.79 Å². The van der Waals surface area contributed by atoms with Gasteiger partial charge < -0.3 is 16.2 Å². The van der Waals surface area contributed by atoms with Crippen LogP contribution in [0.3, 0.4) is 0 Å². The van der Waals surface area contributed by atoms with E-state index in [1.54, 1.807) is 0 Å². The molecule has 98 valence electrons. The Morgan fingerprint density at radius 2 is 1.47 bits per heavy atom. The Balaban J connectivity index is 2.10. The zero-order chi connectivity index (χ0) is 13.7. The molecule has 0 bridgehead atoms. The molecule has 2 aromatic rings. The van der Waals surface area contributed by atoms with E-state index in [0.717, 1.165) is 16.7 Å². The Labute approximate surface area is 112 Å². The normalized spacial score (nSPS) is 10.2. The first-order valence-electron chi connectivity index (χ1n) is 5.99. The molecule has 0 aromatic heterocycles. The summed E-state index contributed by atoms with van der Waals surface area (Å²) in [6.07, 6.45) is 0. The molecular weight excluding hydrogens is 240 g/mol. The summed E-state index contributed by atoms with van der Waals surface area (Å²) in [4.78, 5) is 10.6. The van der Waals surface area contributed by atoms with Crippen molar-refractivity contribution in [3.05, 3.63) is 54.1 Å². The highest BCUT2D eigenvalue weighted by Crippen LogP contribution is 2.22. The van der Waals surface area contributed by atoms with Crippen molar-refractivity contribution in [2.24, 2.45) is 11.5 Å². The highest BCUT2D eigenvalue weighted by atomic mass is 16.5. The average molecular weight is 256 g/mol. The molecule has 19 heavy (non-hydrogen) atoms. The number of hydrogen-bond acceptors (Lipinski definition) is 3. The number of rotatable bonds is 5. The summed E-state index contributed by atoms with van der Waals surface area (Å²) in [6.45, 7) is 0.435. The molecule has 0 aliphatic heterocycles. The van der Waals surface area contributed by atoms with Gasteiger partial charge in [-0.1, -0.05) is 36.4 Å². The summed E-state index contributed by atoms with van der Waals surface area (Å²) in [7, 11) is 0. The summed E-state index contributed by atoms with van der Waals surface area (Å²) in [5.74, 6) is 0.141. The van der Waals surface area contributed by atoms with Crippen LogP contribution in [-0.4, -0.2) is 12.5 Å². The number of carbonyl (C=O) groups is 1. The second-order valence-corrected chi connectivity index (χ2v) is 4.18. The van der Waals surface area contributed by atoms with E-state index in [2.05, 4.69) is 0 Å². The second-order valence-electron chi connectivity index (χ2n) is 4.18. The third-order valence-corrected chi connectivity index (χ3v) is 2.76. The number of carbonyl (C=O) groups excluding carboxylic acids is 1. The second kappa shape index (κ2) is 6.02. The fraction of sp³-hybridized carbons (Fsp3) is 0.133. The molecule has 0 saturated heterocycles. The van der Waals surface area contributed by atoms with Gasteiger partial charge in [0.25, 0.3) is 5.91 Å². The lowest BCUT2D eigenvalue weighted by Crippen LogP contribution is -2.19. The molecule has 0 fully saturated rings. The third-order valence-electron chi connectivity index (χ3n) is 2.76. The van der Waals surface area contributed by atoms with Gasteiger partial charge in [-0.05, 0) is 28.8 Å². The summed E-state index contributed by atoms with van der Waals surface area (Å²) in [6, 6.07) is 15.6. The Morgan fingerprint density at radius 3 is 1.95 bits per heavy atom. The highest BCUT2D eigenvalue weighted by molar-refractivity contribution is 5.75. The molecule has 0 aliphatic rings. The van der Waals surface area contributed by atoms with Crippen LogP contribution in [-0.2, 0) is 11.3 Å². The van der Waals surface area contributed by atoms with Gasteiger partial charge in [0.1, 0.15) is 5.75 Å². The number of benzene rings is 2. The number of primary amides is 1. The van der Waals surface area contributed by atoms with Crippen LogP contribution in [0.2, 0.25) is 0 Å². The van der Waals surface area contributed by atoms with Crippen molar-refractivity contribution in [3.8, 4) is 16.9 Å². The van der Waals surface area contributed by atoms with Gasteiger partial charge in [0.2, 0.25) is 0 Å². The molecule has 0 unspecified atom stereocenters. The molecule has 0 heterocycles. The van der Waals surface area contributed by atoms with Crippen molar-refractivity contribution in [3.63, 3.8) is 0 Å². The van der Waals surface area contributed by atoms with E-state index in [4.69, 9.17) is 16.2 Å². The largest absolute Gasteiger partial charge is 0.484 e. The molecule has 0 spiro atoms. The van der Waals surface area contributed by atoms with Gasteiger partial charge in [-0.25, -0.2) is 0 Å². The minimum Gasteiger partial charge on any atom is -0.484 e. The van der Waals surface area contributed by atoms with Gasteiger partial charge in [0.05, 0.1) is 0 Å². The van der Waals surface area contributed by atoms with Crippen LogP contribution in [0.25, 0.3) is 11.1 Å². The van der Waals surface area contributed by atoms with Crippen LogP contribution >= 0.6 is 0 Å². The zero-order valence-corrected chi connectivity index (χ0v) is 10.5. The fourth-order valence-corrected chi connectivity index (χ4v) is 1.73. The van der Waals surface area contributed by atoms with Gasteiger partial charge in [-0.15, -0.1) is 0 Å². The van der Waals surface area contributed by atoms with Gasteiger partial charge in [0, 0.05) is 6.54 Å². The molecule has 0 saturated carbocycles. The van der Waals surface area contributed by atoms with Crippen LogP contribution in [0.4, 0.5) is 0 Å². The molecule has 4 nitrogen and oxygen atoms in total. The molecule has 2 aromatic carbocycles. The maximum Gasteiger partial charge on any atom is 0.255 e. The van der Waals surface area contributed by atoms with E-state index < -0.39 is 5.91 Å². The number of nitrogens with two attached hydrogens (primary N) is 2. The fourth-order valence-electron chi connectivity index (χ4n) is 1.73. The summed E-state index contributed by atoms with van der Waals surface area (Å²) >= 11 is 0. The predicted molar refractivity (Wildman–Crippen MR) is 74.5 cm³/mol. The van der Waals surface area contributed by atoms with Gasteiger partial charge >= 0.3 is 0 Å². The van der Waals surface area contributed by atoms with Crippen LogP contribution in [0.1, 0.15) is 5.56 Å². The maximum absolute atomic E-state index is 10.6. The topological polar surface area (TPSA) is 78.3 Å². The molecule has 1 amide bonds. The Hall–Kier alpha value is -2.33. The van der Waals surface area contributed by atoms with Crippen LogP contribution in [0, 0.1) is 0 Å². The van der Waals surface area contributed by atoms with E-state index in [0.29, 0.717) is 12.3 Å². The predicted octanol–water partition coefficient (Wildman–Crippen LogP) is 1.68. The van der Waals surface area contributed by atoms with E-state index in [1.807, 2.05) is 48.5 Å². The van der Waals surface area contributed by atoms with E-state index in [1.165, 1.54) is 0 Å². The Bertz CT molecular complexity index is 547. The zero-order valence-electron chi connectivity index (χ0n) is 10.5. The first-order valence-corrected chi connectivity index (χ1v) is 5.99. The van der Waals surface area contributed by atoms with Crippen LogP contribution in [0.15, 0.2) is 48.5 Å².